The topological polar surface area (TPSA) is 9.23 Å². The summed E-state index contributed by atoms with van der Waals surface area (Å²) in [6, 6.07) is 9.69. The maximum Gasteiger partial charge on any atom is 0.127 e. The Morgan fingerprint density at radius 1 is 1.33 bits per heavy atom. The number of benzene rings is 1. The largest absolute Gasteiger partial charge is 0.460 e. The quantitative estimate of drug-likeness (QED) is 0.681. The van der Waals surface area contributed by atoms with E-state index >= 15 is 0 Å². The molecule has 0 spiro atoms. The van der Waals surface area contributed by atoms with E-state index in [1.54, 1.807) is 0 Å². The molecule has 2 heteroatoms. The summed E-state index contributed by atoms with van der Waals surface area (Å²) in [6.45, 7) is 6.35. The van der Waals surface area contributed by atoms with Gasteiger partial charge in [0.1, 0.15) is 11.5 Å². The Balaban J connectivity index is 2.81. The van der Waals surface area contributed by atoms with Gasteiger partial charge in [-0.15, -0.1) is 0 Å². The fourth-order valence-electron chi connectivity index (χ4n) is 1.10. The van der Waals surface area contributed by atoms with Crippen LogP contribution in [-0.4, -0.2) is 0 Å². The van der Waals surface area contributed by atoms with Crippen LogP contribution in [0.25, 0.3) is 0 Å². The van der Waals surface area contributed by atoms with Gasteiger partial charge in [-0.25, -0.2) is 0 Å². The molecule has 15 heavy (non-hydrogen) atoms. The van der Waals surface area contributed by atoms with Crippen LogP contribution in [0.3, 0.4) is 0 Å². The summed E-state index contributed by atoms with van der Waals surface area (Å²) in [6.07, 6.45) is 0.985. The second kappa shape index (κ2) is 5.22. The predicted octanol–water partition coefficient (Wildman–Crippen LogP) is 4.58. The van der Waals surface area contributed by atoms with E-state index < -0.39 is 0 Å². The zero-order valence-electron chi connectivity index (χ0n) is 9.46. The van der Waals surface area contributed by atoms with Gasteiger partial charge in [0, 0.05) is 11.0 Å². The van der Waals surface area contributed by atoms with Crippen LogP contribution in [0.4, 0.5) is 0 Å². The van der Waals surface area contributed by atoms with Crippen molar-refractivity contribution in [1.29, 1.82) is 0 Å². The van der Waals surface area contributed by atoms with Crippen molar-refractivity contribution >= 4 is 11.6 Å². The molecule has 0 radical (unpaired) electrons. The van der Waals surface area contributed by atoms with Crippen molar-refractivity contribution in [3.8, 4) is 5.75 Å². The number of halogens is 1. The highest BCUT2D eigenvalue weighted by Crippen LogP contribution is 2.32. The molecule has 0 heterocycles. The first kappa shape index (κ1) is 12.1. The third-order valence-electron chi connectivity index (χ3n) is 2.62. The third kappa shape index (κ3) is 3.28. The van der Waals surface area contributed by atoms with Crippen LogP contribution < -0.4 is 4.74 Å². The molecule has 0 bridgehead atoms. The summed E-state index contributed by atoms with van der Waals surface area (Å²) < 4.78 is 5.75. The molecule has 0 aliphatic carbocycles. The van der Waals surface area contributed by atoms with Crippen LogP contribution in [0.2, 0.25) is 0 Å². The molecule has 82 valence electrons. The van der Waals surface area contributed by atoms with E-state index in [1.807, 2.05) is 30.3 Å². The van der Waals surface area contributed by atoms with E-state index in [0.29, 0.717) is 0 Å². The molecule has 1 rings (SSSR count). The van der Waals surface area contributed by atoms with Crippen molar-refractivity contribution < 1.29 is 4.74 Å². The second-order valence-electron chi connectivity index (χ2n) is 4.13. The molecule has 0 aliphatic rings. The Kier molecular flexibility index (Phi) is 4.22. The van der Waals surface area contributed by atoms with E-state index in [-0.39, 0.29) is 5.41 Å². The molecular weight excluding hydrogens is 208 g/mol. The molecule has 0 aliphatic heterocycles. The maximum absolute atomic E-state index is 5.79. The van der Waals surface area contributed by atoms with Crippen LogP contribution in [0, 0.1) is 5.41 Å². The van der Waals surface area contributed by atoms with Crippen LogP contribution in [0.1, 0.15) is 27.2 Å². The number of rotatable bonds is 4. The molecule has 0 fully saturated rings. The Labute approximate surface area is 96.7 Å². The van der Waals surface area contributed by atoms with Crippen LogP contribution >= 0.6 is 11.6 Å². The lowest BCUT2D eigenvalue weighted by molar-refractivity contribution is 0.267. The minimum Gasteiger partial charge on any atom is -0.460 e. The summed E-state index contributed by atoms with van der Waals surface area (Å²) in [5.74, 6) is 1.63. The van der Waals surface area contributed by atoms with Gasteiger partial charge in [-0.1, -0.05) is 50.6 Å². The smallest absolute Gasteiger partial charge is 0.127 e. The van der Waals surface area contributed by atoms with Gasteiger partial charge in [-0.3, -0.25) is 0 Å². The predicted molar refractivity (Wildman–Crippen MR) is 65.1 cm³/mol. The molecule has 0 aromatic heterocycles. The lowest BCUT2D eigenvalue weighted by atomic mass is 9.88. The Morgan fingerprint density at radius 2 is 1.93 bits per heavy atom. The number of allylic oxidation sites excluding steroid dienone is 1. The Bertz CT molecular complexity index is 328. The fraction of sp³-hybridized carbons (Fsp3) is 0.385. The van der Waals surface area contributed by atoms with E-state index in [1.165, 1.54) is 5.54 Å². The van der Waals surface area contributed by atoms with Gasteiger partial charge in [-0.2, -0.15) is 0 Å². The minimum absolute atomic E-state index is 0.0302. The molecule has 0 unspecified atom stereocenters. The summed E-state index contributed by atoms with van der Waals surface area (Å²) in [5, 5.41) is 0. The number of hydrogen-bond donors (Lipinski definition) is 0. The van der Waals surface area contributed by atoms with Crippen LogP contribution in [0.15, 0.2) is 41.6 Å². The fourth-order valence-corrected chi connectivity index (χ4v) is 1.44. The van der Waals surface area contributed by atoms with Crippen LogP contribution in [0.5, 0.6) is 5.75 Å². The monoisotopic (exact) mass is 224 g/mol. The SMILES string of the molecule is CCC(C)(C)/C(=C/Cl)Oc1ccccc1. The van der Waals surface area contributed by atoms with Gasteiger partial charge < -0.3 is 4.74 Å². The van der Waals surface area contributed by atoms with Gasteiger partial charge in [0.15, 0.2) is 0 Å². The lowest BCUT2D eigenvalue weighted by Gasteiger charge is -2.25. The molecule has 0 saturated carbocycles. The van der Waals surface area contributed by atoms with Gasteiger partial charge in [-0.05, 0) is 18.6 Å². The van der Waals surface area contributed by atoms with Crippen molar-refractivity contribution in [2.24, 2.45) is 5.41 Å². The third-order valence-corrected chi connectivity index (χ3v) is 2.82. The number of para-hydroxylation sites is 1. The Morgan fingerprint density at radius 3 is 2.40 bits per heavy atom. The van der Waals surface area contributed by atoms with Crippen molar-refractivity contribution in [2.45, 2.75) is 27.2 Å². The maximum atomic E-state index is 5.79. The van der Waals surface area contributed by atoms with Crippen molar-refractivity contribution in [3.05, 3.63) is 41.6 Å². The van der Waals surface area contributed by atoms with Gasteiger partial charge in [0.05, 0.1) is 0 Å². The normalized spacial score (nSPS) is 12.7. The van der Waals surface area contributed by atoms with E-state index in [0.717, 1.165) is 17.9 Å². The van der Waals surface area contributed by atoms with Gasteiger partial charge in [0.25, 0.3) is 0 Å². The zero-order chi connectivity index (χ0) is 11.3. The zero-order valence-corrected chi connectivity index (χ0v) is 10.2. The molecule has 0 saturated heterocycles. The van der Waals surface area contributed by atoms with Crippen molar-refractivity contribution in [1.82, 2.24) is 0 Å². The molecule has 1 aromatic carbocycles. The molecular formula is C13H17ClO. The summed E-state index contributed by atoms with van der Waals surface area (Å²) in [4.78, 5) is 0. The summed E-state index contributed by atoms with van der Waals surface area (Å²) in [7, 11) is 0. The van der Waals surface area contributed by atoms with E-state index in [2.05, 4.69) is 20.8 Å². The first-order chi connectivity index (χ1) is 7.10. The van der Waals surface area contributed by atoms with E-state index in [4.69, 9.17) is 16.3 Å². The molecule has 0 atom stereocenters. The minimum atomic E-state index is -0.0302. The molecule has 0 N–H and O–H groups in total. The van der Waals surface area contributed by atoms with E-state index in [9.17, 15) is 0 Å². The Hall–Kier alpha value is -0.950. The number of hydrogen-bond acceptors (Lipinski definition) is 1. The molecule has 1 nitrogen and oxygen atoms in total. The van der Waals surface area contributed by atoms with Gasteiger partial charge >= 0.3 is 0 Å². The average Bonchev–Trinajstić information content (AvgIpc) is 2.27. The lowest BCUT2D eigenvalue weighted by Crippen LogP contribution is -2.17. The first-order valence-electron chi connectivity index (χ1n) is 5.14. The standard InChI is InChI=1S/C13H17ClO/c1-4-13(2,3)12(10-14)15-11-8-6-5-7-9-11/h5-10H,4H2,1-3H3/b12-10-. The summed E-state index contributed by atoms with van der Waals surface area (Å²) >= 11 is 5.79. The number of ether oxygens (including phenoxy) is 1. The van der Waals surface area contributed by atoms with Crippen molar-refractivity contribution in [3.63, 3.8) is 0 Å². The highest BCUT2D eigenvalue weighted by atomic mass is 35.5. The first-order valence-corrected chi connectivity index (χ1v) is 5.57. The highest BCUT2D eigenvalue weighted by Gasteiger charge is 2.23. The highest BCUT2D eigenvalue weighted by molar-refractivity contribution is 6.25. The second-order valence-corrected chi connectivity index (χ2v) is 4.34. The van der Waals surface area contributed by atoms with Gasteiger partial charge in [0.2, 0.25) is 0 Å². The average molecular weight is 225 g/mol. The summed E-state index contributed by atoms with van der Waals surface area (Å²) in [5.41, 5.74) is 1.49. The molecule has 1 aromatic rings. The molecule has 0 amide bonds. The van der Waals surface area contributed by atoms with Crippen LogP contribution in [-0.2, 0) is 0 Å². The van der Waals surface area contributed by atoms with Crippen molar-refractivity contribution in [2.75, 3.05) is 0 Å².